The second kappa shape index (κ2) is 12.9. The largest absolute Gasteiger partial charge is 0.496 e. The van der Waals surface area contributed by atoms with E-state index < -0.39 is 0 Å². The van der Waals surface area contributed by atoms with Crippen LogP contribution >= 0.6 is 0 Å². The van der Waals surface area contributed by atoms with E-state index in [1.54, 1.807) is 32.9 Å². The Morgan fingerprint density at radius 1 is 1.02 bits per heavy atom. The summed E-state index contributed by atoms with van der Waals surface area (Å²) < 4.78 is 19.2. The summed E-state index contributed by atoms with van der Waals surface area (Å²) in [5.41, 5.74) is 8.74. The van der Waals surface area contributed by atoms with E-state index in [9.17, 15) is 14.9 Å². The van der Waals surface area contributed by atoms with Crippen LogP contribution in [-0.2, 0) is 36.1 Å². The summed E-state index contributed by atoms with van der Waals surface area (Å²) in [6.07, 6.45) is 8.72. The summed E-state index contributed by atoms with van der Waals surface area (Å²) in [5.74, 6) is 1.41. The van der Waals surface area contributed by atoms with Crippen LogP contribution in [0, 0.1) is 30.6 Å². The first-order valence-corrected chi connectivity index (χ1v) is 18.9. The van der Waals surface area contributed by atoms with Crippen LogP contribution in [0.1, 0.15) is 72.0 Å². The third-order valence-corrected chi connectivity index (χ3v) is 13.4. The van der Waals surface area contributed by atoms with E-state index in [4.69, 9.17) is 14.2 Å². The Hall–Kier alpha value is -4.43. The van der Waals surface area contributed by atoms with Gasteiger partial charge < -0.3 is 23.7 Å². The van der Waals surface area contributed by atoms with Crippen molar-refractivity contribution >= 4 is 5.91 Å². The molecule has 4 fully saturated rings. The molecule has 3 heterocycles. The highest BCUT2D eigenvalue weighted by atomic mass is 16.5. The molecule has 1 amide bonds. The van der Waals surface area contributed by atoms with E-state index in [0.29, 0.717) is 6.54 Å². The number of hydrogen-bond donors (Lipinski definition) is 0. The van der Waals surface area contributed by atoms with Crippen molar-refractivity contribution in [3.63, 3.8) is 0 Å². The maximum absolute atomic E-state index is 13.7. The summed E-state index contributed by atoms with van der Waals surface area (Å²) in [6, 6.07) is 12.8. The van der Waals surface area contributed by atoms with Gasteiger partial charge in [0, 0.05) is 81.7 Å². The van der Waals surface area contributed by atoms with Gasteiger partial charge in [0.05, 0.1) is 31.4 Å². The van der Waals surface area contributed by atoms with E-state index in [1.165, 1.54) is 29.5 Å². The van der Waals surface area contributed by atoms with Crippen molar-refractivity contribution in [3.05, 3.63) is 91.9 Å². The maximum atomic E-state index is 13.7. The number of aromatic nitrogens is 1. The number of piperazine rings is 1. The SMILES string of the molecule is COc1cc(-c2cn(C)c(=O)c(C)c2C)cc(OC)c1CN1CCN(Cc2cccc3c2CCN(C(=O)/C(C#N)=C\C24CC2(OC)C4)C3C)C2(CC2)C1. The lowest BCUT2D eigenvalue weighted by Crippen LogP contribution is -2.54. The second-order valence-corrected chi connectivity index (χ2v) is 16.2. The maximum Gasteiger partial charge on any atom is 0.264 e. The van der Waals surface area contributed by atoms with Crippen LogP contribution in [0.3, 0.4) is 0 Å². The molecule has 1 spiro atoms. The van der Waals surface area contributed by atoms with Crippen molar-refractivity contribution in [1.29, 1.82) is 5.26 Å². The molecule has 8 rings (SSSR count). The van der Waals surface area contributed by atoms with E-state index in [2.05, 4.69) is 53.1 Å². The number of methoxy groups -OCH3 is 3. The third-order valence-electron chi connectivity index (χ3n) is 13.4. The van der Waals surface area contributed by atoms with Gasteiger partial charge in [0.25, 0.3) is 11.5 Å². The molecule has 278 valence electrons. The van der Waals surface area contributed by atoms with Gasteiger partial charge in [0.1, 0.15) is 23.1 Å². The van der Waals surface area contributed by atoms with Gasteiger partial charge in [0.2, 0.25) is 0 Å². The van der Waals surface area contributed by atoms with Gasteiger partial charge in [-0.25, -0.2) is 0 Å². The lowest BCUT2D eigenvalue weighted by Gasteiger charge is -2.43. The molecule has 1 atom stereocenters. The number of nitriles is 1. The number of amides is 1. The monoisotopic (exact) mass is 717 g/mol. The van der Waals surface area contributed by atoms with Crippen molar-refractivity contribution in [2.75, 3.05) is 47.5 Å². The Morgan fingerprint density at radius 2 is 1.74 bits per heavy atom. The predicted octanol–water partition coefficient (Wildman–Crippen LogP) is 5.61. The average Bonchev–Trinajstić information content (AvgIpc) is 4.11. The van der Waals surface area contributed by atoms with E-state index in [1.807, 2.05) is 31.0 Å². The van der Waals surface area contributed by atoms with Crippen molar-refractivity contribution in [1.82, 2.24) is 19.3 Å². The minimum atomic E-state index is -0.164. The highest BCUT2D eigenvalue weighted by Crippen LogP contribution is 2.81. The predicted molar refractivity (Wildman–Crippen MR) is 203 cm³/mol. The summed E-state index contributed by atoms with van der Waals surface area (Å²) in [5, 5.41) is 9.96. The van der Waals surface area contributed by atoms with Crippen LogP contribution in [0.25, 0.3) is 11.1 Å². The number of ether oxygens (including phenoxy) is 3. The van der Waals surface area contributed by atoms with Gasteiger partial charge in [0.15, 0.2) is 0 Å². The molecule has 3 saturated carbocycles. The second-order valence-electron chi connectivity index (χ2n) is 16.2. The zero-order chi connectivity index (χ0) is 37.4. The zero-order valence-corrected chi connectivity index (χ0v) is 32.2. The standard InChI is InChI=1S/C43H51N5O5/c1-27-28(2)39(49)45(4)22-35(27)31-17-37(51-5)36(38(18-31)52-6)23-46-15-16-47(42(26-46)12-13-42)21-30-9-8-10-33-29(3)48(14-11-34(30)33)40(50)32(20-44)19-41-24-43(41,25-41)53-7/h8-10,17-19,22,29H,11-16,21,23-26H2,1-7H3/b32-19-. The van der Waals surface area contributed by atoms with Crippen LogP contribution in [-0.4, -0.2) is 83.8 Å². The Labute approximate surface area is 312 Å². The lowest BCUT2D eigenvalue weighted by atomic mass is 9.88. The molecule has 10 nitrogen and oxygen atoms in total. The molecule has 2 aromatic carbocycles. The van der Waals surface area contributed by atoms with E-state index >= 15 is 0 Å². The zero-order valence-electron chi connectivity index (χ0n) is 32.2. The lowest BCUT2D eigenvalue weighted by molar-refractivity contribution is -0.129. The smallest absolute Gasteiger partial charge is 0.264 e. The summed E-state index contributed by atoms with van der Waals surface area (Å²) in [7, 11) is 6.93. The fourth-order valence-corrected chi connectivity index (χ4v) is 9.49. The van der Waals surface area contributed by atoms with Gasteiger partial charge in [-0.2, -0.15) is 5.26 Å². The minimum absolute atomic E-state index is 0.0132. The van der Waals surface area contributed by atoms with Gasteiger partial charge >= 0.3 is 0 Å². The molecule has 1 saturated heterocycles. The quantitative estimate of drug-likeness (QED) is 0.197. The van der Waals surface area contributed by atoms with E-state index in [0.717, 1.165) is 91.3 Å². The molecule has 53 heavy (non-hydrogen) atoms. The van der Waals surface area contributed by atoms with Gasteiger partial charge in [-0.3, -0.25) is 19.4 Å². The molecule has 1 aromatic heterocycles. The van der Waals surface area contributed by atoms with Crippen molar-refractivity contribution in [2.45, 2.75) is 83.1 Å². The van der Waals surface area contributed by atoms with Crippen LogP contribution in [0.2, 0.25) is 0 Å². The van der Waals surface area contributed by atoms with Crippen molar-refractivity contribution in [2.24, 2.45) is 12.5 Å². The van der Waals surface area contributed by atoms with E-state index in [-0.39, 0.29) is 39.6 Å². The van der Waals surface area contributed by atoms with Gasteiger partial charge in [-0.15, -0.1) is 0 Å². The number of carbonyl (C=O) groups is 1. The number of hydrogen-bond acceptors (Lipinski definition) is 8. The molecule has 0 radical (unpaired) electrons. The number of aryl methyl sites for hydroxylation is 1. The first-order chi connectivity index (χ1) is 25.4. The van der Waals surface area contributed by atoms with Crippen LogP contribution in [0.15, 0.2) is 53.0 Å². The molecule has 1 unspecified atom stereocenters. The molecule has 10 heteroatoms. The molecular formula is C43H51N5O5. The third kappa shape index (κ3) is 5.79. The molecule has 0 N–H and O–H groups in total. The Morgan fingerprint density at radius 3 is 2.36 bits per heavy atom. The molecule has 0 bridgehead atoms. The summed E-state index contributed by atoms with van der Waals surface area (Å²) >= 11 is 0. The number of pyridine rings is 1. The first kappa shape index (κ1) is 35.6. The highest BCUT2D eigenvalue weighted by molar-refractivity contribution is 5.98. The highest BCUT2D eigenvalue weighted by Gasteiger charge is 2.83. The number of fused-ring (bicyclic) bond motifs is 2. The first-order valence-electron chi connectivity index (χ1n) is 18.9. The average molecular weight is 718 g/mol. The number of rotatable bonds is 10. The van der Waals surface area contributed by atoms with Crippen molar-refractivity contribution < 1.29 is 19.0 Å². The fourth-order valence-electron chi connectivity index (χ4n) is 9.49. The molecule has 2 aliphatic heterocycles. The molecular weight excluding hydrogens is 667 g/mol. The van der Waals surface area contributed by atoms with Crippen molar-refractivity contribution in [3.8, 4) is 28.7 Å². The summed E-state index contributed by atoms with van der Waals surface area (Å²) in [4.78, 5) is 33.4. The van der Waals surface area contributed by atoms with Crippen LogP contribution in [0.4, 0.5) is 0 Å². The van der Waals surface area contributed by atoms with Crippen LogP contribution in [0.5, 0.6) is 11.5 Å². The Balaban J connectivity index is 0.969. The number of benzene rings is 2. The van der Waals surface area contributed by atoms with Gasteiger partial charge in [-0.1, -0.05) is 24.3 Å². The summed E-state index contributed by atoms with van der Waals surface area (Å²) in [6.45, 7) is 11.1. The number of carbonyl (C=O) groups excluding carboxylic acids is 1. The molecule has 5 aliphatic rings. The van der Waals surface area contributed by atoms with Crippen LogP contribution < -0.4 is 15.0 Å². The number of nitrogens with zero attached hydrogens (tertiary/aromatic N) is 5. The van der Waals surface area contributed by atoms with Gasteiger partial charge in [-0.05, 0) is 92.8 Å². The molecule has 3 aromatic rings. The fraction of sp³-hybridized carbons (Fsp3) is 0.512. The molecule has 3 aliphatic carbocycles. The Bertz CT molecular complexity index is 2110. The Kier molecular flexibility index (Phi) is 8.64. The topological polar surface area (TPSA) is 100 Å². The normalized spacial score (nSPS) is 25.7. The minimum Gasteiger partial charge on any atom is -0.496 e.